The number of rotatable bonds is 5. The summed E-state index contributed by atoms with van der Waals surface area (Å²) in [6, 6.07) is 15.2. The Bertz CT molecular complexity index is 1730. The Kier molecular flexibility index (Phi) is 25.3. The van der Waals surface area contributed by atoms with Crippen LogP contribution in [0.4, 0.5) is 0 Å². The molecule has 0 unspecified atom stereocenters. The number of aromatic nitrogens is 9. The average molecular weight is 766 g/mol. The second-order valence-corrected chi connectivity index (χ2v) is 9.23. The molecule has 0 aliphatic carbocycles. The quantitative estimate of drug-likeness (QED) is 0.125. The standard InChI is InChI=1S/C10H9N3O.C9H7N3O.C6H8BNO3.C4H3BrN2.C2H6O.CH4O.CH4/c1-14-9-4-3-8(7-13-9)10-11-5-2-6-12-10;13-8-3-2-7(6-12-8)9-10-4-1-5-11-9;1-11-6-3-2-5(4-8-6)7(9)10;5-4-6-2-1-3-7-4;1-2-3;1-2;/h2-7H,1H3;1-6H,(H,12,13);2-4,9-10H,1H3;1-3H;3H,2H2,1H3;2H,1H3;1H4. The smallest absolute Gasteiger partial charge is 0.481 e. The van der Waals surface area contributed by atoms with Crippen molar-refractivity contribution in [1.82, 2.24) is 44.9 Å². The van der Waals surface area contributed by atoms with E-state index in [1.807, 2.05) is 6.07 Å². The first-order valence-electron chi connectivity index (χ1n) is 14.4. The molecule has 5 N–H and O–H groups in total. The third-order valence-corrected chi connectivity index (χ3v) is 5.59. The van der Waals surface area contributed by atoms with Crippen molar-refractivity contribution >= 4 is 28.5 Å². The Balaban J connectivity index is 0.000000635. The van der Waals surface area contributed by atoms with Gasteiger partial charge in [0.1, 0.15) is 0 Å². The maximum Gasteiger partial charge on any atom is 0.490 e. The molecule has 6 rings (SSSR count). The van der Waals surface area contributed by atoms with Gasteiger partial charge in [0.25, 0.3) is 0 Å². The first-order chi connectivity index (χ1) is 24.3. The molecule has 0 aliphatic rings. The highest BCUT2D eigenvalue weighted by molar-refractivity contribution is 9.10. The van der Waals surface area contributed by atoms with E-state index in [0.29, 0.717) is 33.6 Å². The lowest BCUT2D eigenvalue weighted by molar-refractivity contribution is 0.318. The van der Waals surface area contributed by atoms with Crippen molar-refractivity contribution in [2.24, 2.45) is 0 Å². The molecular weight excluding hydrogens is 725 g/mol. The van der Waals surface area contributed by atoms with Gasteiger partial charge < -0.3 is 34.7 Å². The highest BCUT2D eigenvalue weighted by Crippen LogP contribution is 2.15. The van der Waals surface area contributed by atoms with Gasteiger partial charge in [0.2, 0.25) is 17.3 Å². The highest BCUT2D eigenvalue weighted by Gasteiger charge is 2.10. The molecule has 16 nitrogen and oxygen atoms in total. The van der Waals surface area contributed by atoms with Crippen molar-refractivity contribution in [3.63, 3.8) is 0 Å². The van der Waals surface area contributed by atoms with E-state index in [2.05, 4.69) is 60.8 Å². The third kappa shape index (κ3) is 19.3. The van der Waals surface area contributed by atoms with E-state index in [1.54, 1.807) is 100 Å². The maximum absolute atomic E-state index is 10.8. The Morgan fingerprint density at radius 2 is 1.12 bits per heavy atom. The number of pyridine rings is 3. The van der Waals surface area contributed by atoms with Gasteiger partial charge in [-0.1, -0.05) is 13.5 Å². The lowest BCUT2D eigenvalue weighted by Crippen LogP contribution is -2.29. The zero-order chi connectivity index (χ0) is 37.0. The van der Waals surface area contributed by atoms with Crippen LogP contribution in [0, 0.1) is 0 Å². The summed E-state index contributed by atoms with van der Waals surface area (Å²) >= 11 is 3.09. The van der Waals surface area contributed by atoms with Crippen LogP contribution in [0.15, 0.2) is 120 Å². The van der Waals surface area contributed by atoms with E-state index in [-0.39, 0.29) is 19.6 Å². The number of H-pyrrole nitrogens is 1. The van der Waals surface area contributed by atoms with Crippen molar-refractivity contribution in [2.45, 2.75) is 14.4 Å². The van der Waals surface area contributed by atoms with Gasteiger partial charge in [0, 0.05) is 98.2 Å². The lowest BCUT2D eigenvalue weighted by atomic mass is 9.82. The molecule has 0 bridgehead atoms. The molecule has 6 aromatic rings. The van der Waals surface area contributed by atoms with Crippen molar-refractivity contribution in [1.29, 1.82) is 0 Å². The molecule has 0 atom stereocenters. The fourth-order valence-corrected chi connectivity index (χ4v) is 3.26. The average Bonchev–Trinajstić information content (AvgIpc) is 3.18. The van der Waals surface area contributed by atoms with Crippen molar-refractivity contribution in [3.05, 3.63) is 125 Å². The van der Waals surface area contributed by atoms with Crippen LogP contribution in [0.25, 0.3) is 22.8 Å². The van der Waals surface area contributed by atoms with Crippen LogP contribution in [0.2, 0.25) is 0 Å². The number of methoxy groups -OCH3 is 2. The summed E-state index contributed by atoms with van der Waals surface area (Å²) in [6.07, 6.45) is 14.7. The Labute approximate surface area is 304 Å². The zero-order valence-electron chi connectivity index (χ0n) is 27.6. The predicted octanol–water partition coefficient (Wildman–Crippen LogP) is 2.63. The molecule has 6 aromatic heterocycles. The minimum atomic E-state index is -1.46. The molecule has 6 heterocycles. The molecule has 0 radical (unpaired) electrons. The molecule has 0 aliphatic heterocycles. The van der Waals surface area contributed by atoms with E-state index in [4.69, 9.17) is 29.7 Å². The van der Waals surface area contributed by atoms with Gasteiger partial charge in [0.05, 0.1) is 14.2 Å². The topological polar surface area (TPSA) is 235 Å². The number of nitrogens with zero attached hydrogens (tertiary/aromatic N) is 8. The number of hydrogen-bond donors (Lipinski definition) is 5. The molecule has 0 aromatic carbocycles. The fourth-order valence-electron chi connectivity index (χ4n) is 3.03. The summed E-state index contributed by atoms with van der Waals surface area (Å²) in [5, 5.41) is 31.9. The minimum absolute atomic E-state index is 0. The van der Waals surface area contributed by atoms with Gasteiger partial charge in [-0.3, -0.25) is 4.79 Å². The summed E-state index contributed by atoms with van der Waals surface area (Å²) in [7, 11) is 2.62. The Morgan fingerprint density at radius 3 is 1.45 bits per heavy atom. The summed E-state index contributed by atoms with van der Waals surface area (Å²) in [6.45, 7) is 1.93. The van der Waals surface area contributed by atoms with Gasteiger partial charge in [-0.15, -0.1) is 0 Å². The van der Waals surface area contributed by atoms with Gasteiger partial charge in [0.15, 0.2) is 16.4 Å². The molecule has 0 spiro atoms. The number of aromatic amines is 1. The zero-order valence-corrected chi connectivity index (χ0v) is 29.2. The second kappa shape index (κ2) is 28.3. The van der Waals surface area contributed by atoms with E-state index in [1.165, 1.54) is 25.4 Å². The number of ether oxygens (including phenoxy) is 2. The normalized spacial score (nSPS) is 8.88. The number of aliphatic hydroxyl groups excluding tert-OH is 2. The minimum Gasteiger partial charge on any atom is -0.481 e. The highest BCUT2D eigenvalue weighted by atomic mass is 79.9. The molecule has 18 heteroatoms. The van der Waals surface area contributed by atoms with Crippen LogP contribution in [0.5, 0.6) is 11.8 Å². The molecular formula is C33H41BBrN9O7. The fraction of sp³-hybridized carbons (Fsp3) is 0.182. The van der Waals surface area contributed by atoms with Gasteiger partial charge in [-0.05, 0) is 59.3 Å². The maximum atomic E-state index is 10.8. The van der Waals surface area contributed by atoms with Gasteiger partial charge >= 0.3 is 7.12 Å². The van der Waals surface area contributed by atoms with Crippen LogP contribution in [-0.2, 0) is 0 Å². The van der Waals surface area contributed by atoms with Crippen LogP contribution < -0.4 is 20.5 Å². The van der Waals surface area contributed by atoms with Crippen molar-refractivity contribution in [3.8, 4) is 34.5 Å². The predicted molar refractivity (Wildman–Crippen MR) is 198 cm³/mol. The molecule has 0 amide bonds. The summed E-state index contributed by atoms with van der Waals surface area (Å²) in [4.78, 5) is 45.1. The summed E-state index contributed by atoms with van der Waals surface area (Å²) < 4.78 is 10.4. The van der Waals surface area contributed by atoms with Crippen LogP contribution in [0.3, 0.4) is 0 Å². The molecule has 51 heavy (non-hydrogen) atoms. The van der Waals surface area contributed by atoms with E-state index >= 15 is 0 Å². The van der Waals surface area contributed by atoms with Crippen molar-refractivity contribution < 1.29 is 29.7 Å². The number of nitrogens with one attached hydrogen (secondary N) is 1. The first kappa shape index (κ1) is 45.5. The van der Waals surface area contributed by atoms with Crippen molar-refractivity contribution in [2.75, 3.05) is 27.9 Å². The SMILES string of the molecule is Brc1ncccn1.C.CCO.CO.COc1ccc(-c2ncccn2)cn1.COc1ccc(B(O)O)cn1.O=c1ccc(-c2ncccn2)c[nH]1. The van der Waals surface area contributed by atoms with E-state index < -0.39 is 7.12 Å². The van der Waals surface area contributed by atoms with Crippen LogP contribution in [-0.4, -0.2) is 100 Å². The monoisotopic (exact) mass is 765 g/mol. The Hall–Kier alpha value is -5.53. The van der Waals surface area contributed by atoms with E-state index in [0.717, 1.165) is 18.2 Å². The first-order valence-corrected chi connectivity index (χ1v) is 15.2. The molecule has 0 saturated carbocycles. The van der Waals surface area contributed by atoms with Gasteiger partial charge in [-0.2, -0.15) is 0 Å². The molecule has 0 fully saturated rings. The number of hydrogen-bond acceptors (Lipinski definition) is 15. The largest absolute Gasteiger partial charge is 0.490 e. The van der Waals surface area contributed by atoms with Gasteiger partial charge in [-0.25, -0.2) is 39.9 Å². The van der Waals surface area contributed by atoms with E-state index in [9.17, 15) is 4.79 Å². The molecule has 270 valence electrons. The number of aliphatic hydroxyl groups is 2. The number of halogens is 1. The van der Waals surface area contributed by atoms with Crippen LogP contribution in [0.1, 0.15) is 14.4 Å². The lowest BCUT2D eigenvalue weighted by Gasteiger charge is -2.00. The molecule has 0 saturated heterocycles. The summed E-state index contributed by atoms with van der Waals surface area (Å²) in [5.74, 6) is 2.32. The summed E-state index contributed by atoms with van der Waals surface area (Å²) in [5.41, 5.74) is 1.91. The van der Waals surface area contributed by atoms with Crippen LogP contribution >= 0.6 is 15.9 Å². The third-order valence-electron chi connectivity index (χ3n) is 5.18. The Morgan fingerprint density at radius 1 is 0.686 bits per heavy atom. The second-order valence-electron chi connectivity index (χ2n) is 8.52.